The second-order valence-electron chi connectivity index (χ2n) is 6.34. The van der Waals surface area contributed by atoms with E-state index in [0.29, 0.717) is 12.0 Å². The lowest BCUT2D eigenvalue weighted by Crippen LogP contribution is -2.43. The van der Waals surface area contributed by atoms with Crippen molar-refractivity contribution in [1.82, 2.24) is 25.4 Å². The maximum Gasteiger partial charge on any atom is 0.321 e. The highest BCUT2D eigenvalue weighted by atomic mass is 32.2. The second kappa shape index (κ2) is 6.90. The van der Waals surface area contributed by atoms with Gasteiger partial charge in [-0.25, -0.2) is 4.79 Å². The molecule has 1 heterocycles. The van der Waals surface area contributed by atoms with Crippen molar-refractivity contribution >= 4 is 23.7 Å². The van der Waals surface area contributed by atoms with Crippen LogP contribution in [0.1, 0.15) is 63.7 Å². The van der Waals surface area contributed by atoms with Gasteiger partial charge in [-0.15, -0.1) is 10.2 Å². The molecule has 0 unspecified atom stereocenters. The molecule has 7 nitrogen and oxygen atoms in total. The van der Waals surface area contributed by atoms with Crippen LogP contribution in [-0.4, -0.2) is 38.5 Å². The van der Waals surface area contributed by atoms with E-state index in [-0.39, 0.29) is 17.7 Å². The third-order valence-electron chi connectivity index (χ3n) is 4.12. The van der Waals surface area contributed by atoms with Crippen molar-refractivity contribution in [2.45, 2.75) is 69.1 Å². The van der Waals surface area contributed by atoms with Crippen LogP contribution in [0.5, 0.6) is 0 Å². The monoisotopic (exact) mass is 337 g/mol. The van der Waals surface area contributed by atoms with Crippen LogP contribution in [0.3, 0.4) is 0 Å². The van der Waals surface area contributed by atoms with Crippen LogP contribution in [0.25, 0.3) is 0 Å². The summed E-state index contributed by atoms with van der Waals surface area (Å²) in [5, 5.41) is 14.4. The molecule has 126 valence electrons. The van der Waals surface area contributed by atoms with E-state index in [2.05, 4.69) is 25.4 Å². The number of hydrogen-bond acceptors (Lipinski definition) is 5. The molecule has 0 bridgehead atoms. The van der Waals surface area contributed by atoms with E-state index in [4.69, 9.17) is 0 Å². The van der Waals surface area contributed by atoms with Gasteiger partial charge < -0.3 is 9.88 Å². The minimum Gasteiger partial charge on any atom is -0.335 e. The zero-order valence-corrected chi connectivity index (χ0v) is 14.4. The number of amides is 3. The molecule has 2 N–H and O–H groups in total. The lowest BCUT2D eigenvalue weighted by Gasteiger charge is -2.11. The fourth-order valence-electron chi connectivity index (χ4n) is 2.34. The smallest absolute Gasteiger partial charge is 0.321 e. The fraction of sp³-hybridized carbons (Fsp3) is 0.733. The molecule has 3 rings (SSSR count). The van der Waals surface area contributed by atoms with Crippen LogP contribution in [-0.2, 0) is 4.79 Å². The Morgan fingerprint density at radius 3 is 2.65 bits per heavy atom. The maximum absolute atomic E-state index is 11.9. The average molecular weight is 337 g/mol. The van der Waals surface area contributed by atoms with Gasteiger partial charge in [-0.2, -0.15) is 0 Å². The van der Waals surface area contributed by atoms with E-state index in [1.807, 2.05) is 13.8 Å². The van der Waals surface area contributed by atoms with E-state index in [9.17, 15) is 9.59 Å². The van der Waals surface area contributed by atoms with Crippen LogP contribution in [0.15, 0.2) is 5.16 Å². The minimum absolute atomic E-state index is 0.0505. The summed E-state index contributed by atoms with van der Waals surface area (Å²) in [5.41, 5.74) is 0. The Balaban J connectivity index is 1.52. The van der Waals surface area contributed by atoms with Gasteiger partial charge in [0.2, 0.25) is 5.91 Å². The van der Waals surface area contributed by atoms with Crippen LogP contribution in [0.2, 0.25) is 0 Å². The molecule has 2 saturated carbocycles. The molecular weight excluding hydrogens is 314 g/mol. The number of carbonyl (C=O) groups is 2. The Hall–Kier alpha value is -1.57. The third-order valence-corrected chi connectivity index (χ3v) is 5.06. The van der Waals surface area contributed by atoms with E-state index in [1.165, 1.54) is 24.6 Å². The SMILES string of the molecule is CC[C@@H](C)NC(=O)NC(=O)CSc1nnc(C2CC2)n1C1CC1. The third kappa shape index (κ3) is 4.25. The molecule has 1 aromatic rings. The molecule has 2 fully saturated rings. The normalized spacial score (nSPS) is 18.5. The van der Waals surface area contributed by atoms with E-state index in [0.717, 1.165) is 30.2 Å². The number of urea groups is 1. The maximum atomic E-state index is 11.9. The average Bonchev–Trinajstić information content (AvgIpc) is 3.43. The molecule has 1 atom stereocenters. The summed E-state index contributed by atoms with van der Waals surface area (Å²) in [4.78, 5) is 23.5. The van der Waals surface area contributed by atoms with Crippen molar-refractivity contribution in [2.75, 3.05) is 5.75 Å². The summed E-state index contributed by atoms with van der Waals surface area (Å²) in [6.07, 6.45) is 5.52. The predicted octanol–water partition coefficient (Wildman–Crippen LogP) is 2.21. The molecule has 2 aliphatic rings. The first-order chi connectivity index (χ1) is 11.1. The first kappa shape index (κ1) is 16.3. The number of nitrogens with one attached hydrogen (secondary N) is 2. The van der Waals surface area contributed by atoms with Crippen molar-refractivity contribution in [1.29, 1.82) is 0 Å². The molecule has 23 heavy (non-hydrogen) atoms. The summed E-state index contributed by atoms with van der Waals surface area (Å²) in [7, 11) is 0. The number of nitrogens with zero attached hydrogens (tertiary/aromatic N) is 3. The summed E-state index contributed by atoms with van der Waals surface area (Å²) >= 11 is 1.35. The minimum atomic E-state index is -0.438. The Kier molecular flexibility index (Phi) is 4.89. The number of carbonyl (C=O) groups excluding carboxylic acids is 2. The molecule has 8 heteroatoms. The number of hydrogen-bond donors (Lipinski definition) is 2. The van der Waals surface area contributed by atoms with Crippen LogP contribution >= 0.6 is 11.8 Å². The van der Waals surface area contributed by atoms with Gasteiger partial charge in [0.15, 0.2) is 5.16 Å². The predicted molar refractivity (Wildman–Crippen MR) is 87.4 cm³/mol. The molecule has 0 saturated heterocycles. The van der Waals surface area contributed by atoms with E-state index >= 15 is 0 Å². The van der Waals surface area contributed by atoms with Gasteiger partial charge in [-0.1, -0.05) is 18.7 Å². The molecule has 0 aromatic carbocycles. The van der Waals surface area contributed by atoms with Crippen LogP contribution in [0.4, 0.5) is 4.79 Å². The number of aromatic nitrogens is 3. The molecular formula is C15H23N5O2S. The van der Waals surface area contributed by atoms with Crippen LogP contribution < -0.4 is 10.6 Å². The topological polar surface area (TPSA) is 88.9 Å². The highest BCUT2D eigenvalue weighted by molar-refractivity contribution is 7.99. The Morgan fingerprint density at radius 2 is 2.04 bits per heavy atom. The first-order valence-corrected chi connectivity index (χ1v) is 9.25. The Labute approximate surface area is 140 Å². The summed E-state index contributed by atoms with van der Waals surface area (Å²) in [6.45, 7) is 3.88. The van der Waals surface area contributed by atoms with Crippen LogP contribution in [0, 0.1) is 0 Å². The lowest BCUT2D eigenvalue weighted by atomic mass is 10.3. The van der Waals surface area contributed by atoms with Gasteiger partial charge >= 0.3 is 6.03 Å². The summed E-state index contributed by atoms with van der Waals surface area (Å²) < 4.78 is 2.20. The van der Waals surface area contributed by atoms with Crippen molar-refractivity contribution in [3.8, 4) is 0 Å². The largest absolute Gasteiger partial charge is 0.335 e. The van der Waals surface area contributed by atoms with Crippen molar-refractivity contribution in [3.63, 3.8) is 0 Å². The molecule has 0 spiro atoms. The number of thioether (sulfide) groups is 1. The van der Waals surface area contributed by atoms with Gasteiger partial charge in [0.05, 0.1) is 5.75 Å². The summed E-state index contributed by atoms with van der Waals surface area (Å²) in [5.74, 6) is 1.48. The number of imide groups is 1. The standard InChI is InChI=1S/C15H23N5O2S/c1-3-9(2)16-14(22)17-12(21)8-23-15-19-18-13(10-4-5-10)20(15)11-6-7-11/h9-11H,3-8H2,1-2H3,(H2,16,17,21,22)/t9-/m1/s1. The van der Waals surface area contributed by atoms with Gasteiger partial charge in [0, 0.05) is 18.0 Å². The highest BCUT2D eigenvalue weighted by Gasteiger charge is 2.36. The molecule has 2 aliphatic carbocycles. The van der Waals surface area contributed by atoms with E-state index in [1.54, 1.807) is 0 Å². The fourth-order valence-corrected chi connectivity index (χ4v) is 3.15. The van der Waals surface area contributed by atoms with Crippen molar-refractivity contribution in [2.24, 2.45) is 0 Å². The Bertz CT molecular complexity index is 595. The second-order valence-corrected chi connectivity index (χ2v) is 7.28. The van der Waals surface area contributed by atoms with Crippen molar-refractivity contribution in [3.05, 3.63) is 5.82 Å². The molecule has 3 amide bonds. The lowest BCUT2D eigenvalue weighted by molar-refractivity contribution is -0.117. The summed E-state index contributed by atoms with van der Waals surface area (Å²) in [6, 6.07) is 0.113. The quantitative estimate of drug-likeness (QED) is 0.745. The molecule has 1 aromatic heterocycles. The van der Waals surface area contributed by atoms with Gasteiger partial charge in [-0.05, 0) is 39.0 Å². The van der Waals surface area contributed by atoms with Gasteiger partial charge in [-0.3, -0.25) is 10.1 Å². The number of rotatable bonds is 7. The first-order valence-electron chi connectivity index (χ1n) is 8.26. The van der Waals surface area contributed by atoms with Crippen molar-refractivity contribution < 1.29 is 9.59 Å². The zero-order valence-electron chi connectivity index (χ0n) is 13.5. The zero-order chi connectivity index (χ0) is 16.4. The molecule has 0 radical (unpaired) electrons. The Morgan fingerprint density at radius 1 is 1.30 bits per heavy atom. The van der Waals surface area contributed by atoms with Gasteiger partial charge in [0.1, 0.15) is 5.82 Å². The van der Waals surface area contributed by atoms with E-state index < -0.39 is 6.03 Å². The van der Waals surface area contributed by atoms with Gasteiger partial charge in [0.25, 0.3) is 0 Å². The highest BCUT2D eigenvalue weighted by Crippen LogP contribution is 2.45. The molecule has 0 aliphatic heterocycles.